The number of carbonyl (C=O) groups excluding carboxylic acids is 1. The summed E-state index contributed by atoms with van der Waals surface area (Å²) in [5, 5.41) is 12.2. The number of furan rings is 1. The van der Waals surface area contributed by atoms with E-state index < -0.39 is 17.8 Å². The lowest BCUT2D eigenvalue weighted by molar-refractivity contribution is -0.123. The van der Waals surface area contributed by atoms with Gasteiger partial charge in [-0.1, -0.05) is 0 Å². The van der Waals surface area contributed by atoms with Crippen LogP contribution in [0.2, 0.25) is 0 Å². The van der Waals surface area contributed by atoms with E-state index in [4.69, 9.17) is 4.42 Å². The minimum atomic E-state index is -1.30. The first-order valence-electron chi connectivity index (χ1n) is 6.54. The van der Waals surface area contributed by atoms with E-state index in [0.29, 0.717) is 17.9 Å². The second-order valence-corrected chi connectivity index (χ2v) is 5.15. The topological polar surface area (TPSA) is 65.7 Å². The van der Waals surface area contributed by atoms with Crippen LogP contribution in [-0.2, 0) is 11.3 Å². The number of rotatable bonds is 3. The van der Waals surface area contributed by atoms with Crippen LogP contribution in [0.4, 0.5) is 15.8 Å². The first-order chi connectivity index (χ1) is 9.95. The van der Waals surface area contributed by atoms with Gasteiger partial charge in [-0.05, 0) is 31.2 Å². The van der Waals surface area contributed by atoms with Crippen LogP contribution in [0.1, 0.15) is 23.2 Å². The van der Waals surface area contributed by atoms with E-state index in [1.807, 2.05) is 19.1 Å². The van der Waals surface area contributed by atoms with Gasteiger partial charge >= 0.3 is 0 Å². The number of hydrogen-bond acceptors (Lipinski definition) is 4. The summed E-state index contributed by atoms with van der Waals surface area (Å²) >= 11 is 0. The second kappa shape index (κ2) is 4.89. The minimum Gasteiger partial charge on any atom is -0.464 e. The summed E-state index contributed by atoms with van der Waals surface area (Å²) in [7, 11) is 1.73. The van der Waals surface area contributed by atoms with Crippen molar-refractivity contribution in [1.82, 2.24) is 0 Å². The SMILES string of the molecule is Cc1ccc(CN(C)c2cc3c(cc2F)C(O)C(=O)N3)o1. The molecular weight excluding hydrogens is 275 g/mol. The third-order valence-corrected chi connectivity index (χ3v) is 3.52. The standard InChI is InChI=1S/C15H15FN2O3/c1-8-3-4-9(21-8)7-18(2)13-6-12-10(5-11(13)16)14(19)15(20)17-12/h3-6,14,19H,7H2,1-2H3,(H,17,20). The van der Waals surface area contributed by atoms with Gasteiger partial charge in [0.1, 0.15) is 17.3 Å². The third-order valence-electron chi connectivity index (χ3n) is 3.52. The van der Waals surface area contributed by atoms with Crippen LogP contribution < -0.4 is 10.2 Å². The molecule has 2 N–H and O–H groups in total. The van der Waals surface area contributed by atoms with Gasteiger partial charge in [0.05, 0.1) is 12.2 Å². The van der Waals surface area contributed by atoms with Crippen LogP contribution in [0.25, 0.3) is 0 Å². The molecular formula is C15H15FN2O3. The molecule has 5 nitrogen and oxygen atoms in total. The van der Waals surface area contributed by atoms with E-state index in [9.17, 15) is 14.3 Å². The van der Waals surface area contributed by atoms with E-state index in [1.165, 1.54) is 12.1 Å². The van der Waals surface area contributed by atoms with Gasteiger partial charge in [0.2, 0.25) is 0 Å². The Morgan fingerprint density at radius 3 is 2.86 bits per heavy atom. The summed E-state index contributed by atoms with van der Waals surface area (Å²) in [6.45, 7) is 2.25. The molecule has 1 aromatic heterocycles. The Bertz CT molecular complexity index is 711. The maximum atomic E-state index is 14.2. The van der Waals surface area contributed by atoms with E-state index in [-0.39, 0.29) is 5.56 Å². The number of anilines is 2. The van der Waals surface area contributed by atoms with E-state index in [2.05, 4.69) is 5.32 Å². The van der Waals surface area contributed by atoms with E-state index in [0.717, 1.165) is 11.5 Å². The molecule has 1 aromatic carbocycles. The van der Waals surface area contributed by atoms with Crippen molar-refractivity contribution in [1.29, 1.82) is 0 Å². The molecule has 0 bridgehead atoms. The highest BCUT2D eigenvalue weighted by Crippen LogP contribution is 2.36. The molecule has 0 aliphatic carbocycles. The maximum absolute atomic E-state index is 14.2. The predicted molar refractivity (Wildman–Crippen MR) is 75.5 cm³/mol. The van der Waals surface area contributed by atoms with Crippen molar-refractivity contribution in [3.05, 3.63) is 47.2 Å². The molecule has 0 radical (unpaired) electrons. The molecule has 1 amide bonds. The van der Waals surface area contributed by atoms with Crippen LogP contribution in [0.5, 0.6) is 0 Å². The van der Waals surface area contributed by atoms with Crippen molar-refractivity contribution in [3.63, 3.8) is 0 Å². The largest absolute Gasteiger partial charge is 0.464 e. The lowest BCUT2D eigenvalue weighted by atomic mass is 10.1. The number of aliphatic hydroxyl groups excluding tert-OH is 1. The summed E-state index contributed by atoms with van der Waals surface area (Å²) in [4.78, 5) is 13.1. The lowest BCUT2D eigenvalue weighted by Crippen LogP contribution is -2.17. The molecule has 1 aliphatic heterocycles. The Labute approximate surface area is 121 Å². The van der Waals surface area contributed by atoms with Crippen molar-refractivity contribution in [2.45, 2.75) is 19.6 Å². The number of nitrogens with zero attached hydrogens (tertiary/aromatic N) is 1. The third kappa shape index (κ3) is 2.38. The highest BCUT2D eigenvalue weighted by Gasteiger charge is 2.30. The average Bonchev–Trinajstić information content (AvgIpc) is 2.95. The number of fused-ring (bicyclic) bond motifs is 1. The van der Waals surface area contributed by atoms with Crippen molar-refractivity contribution < 1.29 is 18.7 Å². The number of amides is 1. The van der Waals surface area contributed by atoms with Gasteiger partial charge in [0, 0.05) is 18.3 Å². The number of aryl methyl sites for hydroxylation is 1. The second-order valence-electron chi connectivity index (χ2n) is 5.15. The van der Waals surface area contributed by atoms with Gasteiger partial charge in [-0.3, -0.25) is 4.79 Å². The Balaban J connectivity index is 1.89. The molecule has 2 aromatic rings. The molecule has 110 valence electrons. The normalized spacial score (nSPS) is 16.8. The summed E-state index contributed by atoms with van der Waals surface area (Å²) in [5.74, 6) is 0.489. The van der Waals surface area contributed by atoms with Crippen LogP contribution in [0.15, 0.2) is 28.7 Å². The quantitative estimate of drug-likeness (QED) is 0.910. The van der Waals surface area contributed by atoms with Crippen LogP contribution in [0.3, 0.4) is 0 Å². The Hall–Kier alpha value is -2.34. The molecule has 6 heteroatoms. The zero-order valence-corrected chi connectivity index (χ0v) is 11.7. The van der Waals surface area contributed by atoms with E-state index in [1.54, 1.807) is 11.9 Å². The van der Waals surface area contributed by atoms with E-state index >= 15 is 0 Å². The van der Waals surface area contributed by atoms with Gasteiger partial charge in [0.25, 0.3) is 5.91 Å². The monoisotopic (exact) mass is 290 g/mol. The first-order valence-corrected chi connectivity index (χ1v) is 6.54. The molecule has 0 saturated heterocycles. The minimum absolute atomic E-state index is 0.267. The summed E-state index contributed by atoms with van der Waals surface area (Å²) in [6.07, 6.45) is -1.30. The van der Waals surface area contributed by atoms with Crippen molar-refractivity contribution in [2.24, 2.45) is 0 Å². The van der Waals surface area contributed by atoms with Crippen molar-refractivity contribution in [3.8, 4) is 0 Å². The summed E-state index contributed by atoms with van der Waals surface area (Å²) in [5.41, 5.74) is 1.03. The molecule has 3 rings (SSSR count). The summed E-state index contributed by atoms with van der Waals surface area (Å²) in [6, 6.07) is 6.40. The van der Waals surface area contributed by atoms with Crippen LogP contribution >= 0.6 is 0 Å². The molecule has 1 unspecified atom stereocenters. The van der Waals surface area contributed by atoms with Gasteiger partial charge in [0.15, 0.2) is 6.10 Å². The number of benzene rings is 1. The fraction of sp³-hybridized carbons (Fsp3) is 0.267. The summed E-state index contributed by atoms with van der Waals surface area (Å²) < 4.78 is 19.6. The Kier molecular flexibility index (Phi) is 3.17. The lowest BCUT2D eigenvalue weighted by Gasteiger charge is -2.19. The number of aliphatic hydroxyl groups is 1. The fourth-order valence-corrected chi connectivity index (χ4v) is 2.44. The number of carbonyl (C=O) groups is 1. The zero-order chi connectivity index (χ0) is 15.1. The molecule has 0 saturated carbocycles. The average molecular weight is 290 g/mol. The van der Waals surface area contributed by atoms with Crippen LogP contribution in [0, 0.1) is 12.7 Å². The van der Waals surface area contributed by atoms with Gasteiger partial charge in [-0.2, -0.15) is 0 Å². The highest BCUT2D eigenvalue weighted by molar-refractivity contribution is 6.02. The van der Waals surface area contributed by atoms with Crippen molar-refractivity contribution in [2.75, 3.05) is 17.3 Å². The number of halogens is 1. The maximum Gasteiger partial charge on any atom is 0.257 e. The fourth-order valence-electron chi connectivity index (χ4n) is 2.44. The molecule has 2 heterocycles. The number of hydrogen-bond donors (Lipinski definition) is 2. The Morgan fingerprint density at radius 1 is 1.43 bits per heavy atom. The highest BCUT2D eigenvalue weighted by atomic mass is 19.1. The molecule has 0 spiro atoms. The van der Waals surface area contributed by atoms with Gasteiger partial charge < -0.3 is 19.7 Å². The first kappa shape index (κ1) is 13.6. The molecule has 21 heavy (non-hydrogen) atoms. The Morgan fingerprint density at radius 2 is 2.19 bits per heavy atom. The molecule has 1 atom stereocenters. The van der Waals surface area contributed by atoms with Gasteiger partial charge in [-0.15, -0.1) is 0 Å². The number of nitrogens with one attached hydrogen (secondary N) is 1. The van der Waals surface area contributed by atoms with Crippen LogP contribution in [-0.4, -0.2) is 18.1 Å². The van der Waals surface area contributed by atoms with Gasteiger partial charge in [-0.25, -0.2) is 4.39 Å². The smallest absolute Gasteiger partial charge is 0.257 e. The zero-order valence-electron chi connectivity index (χ0n) is 11.7. The predicted octanol–water partition coefficient (Wildman–Crippen LogP) is 2.35. The molecule has 1 aliphatic rings. The molecule has 0 fully saturated rings. The van der Waals surface area contributed by atoms with Crippen molar-refractivity contribution >= 4 is 17.3 Å².